The molecule has 0 saturated heterocycles. The van der Waals surface area contributed by atoms with Crippen molar-refractivity contribution in [1.82, 2.24) is 19.9 Å². The van der Waals surface area contributed by atoms with Crippen LogP contribution in [-0.4, -0.2) is 53.2 Å². The van der Waals surface area contributed by atoms with E-state index in [-0.39, 0.29) is 6.10 Å². The molecule has 0 atom stereocenters. The average molecular weight is 471 g/mol. The molecule has 4 aromatic rings. The van der Waals surface area contributed by atoms with Gasteiger partial charge in [-0.2, -0.15) is 4.98 Å². The maximum atomic E-state index is 6.15. The van der Waals surface area contributed by atoms with Crippen LogP contribution in [0.3, 0.4) is 0 Å². The van der Waals surface area contributed by atoms with Crippen molar-refractivity contribution in [2.24, 2.45) is 0 Å². The first-order chi connectivity index (χ1) is 17.0. The Bertz CT molecular complexity index is 1340. The van der Waals surface area contributed by atoms with Gasteiger partial charge < -0.3 is 25.0 Å². The number of anilines is 4. The Labute approximate surface area is 205 Å². The van der Waals surface area contributed by atoms with E-state index in [0.717, 1.165) is 40.9 Å². The number of pyridine rings is 1. The van der Waals surface area contributed by atoms with Gasteiger partial charge in [0, 0.05) is 29.4 Å². The number of aryl methyl sites for hydroxylation is 1. The van der Waals surface area contributed by atoms with Crippen LogP contribution >= 0.6 is 0 Å². The lowest BCUT2D eigenvalue weighted by Gasteiger charge is -2.39. The molecule has 2 heterocycles. The summed E-state index contributed by atoms with van der Waals surface area (Å²) in [4.78, 5) is 15.7. The Morgan fingerprint density at radius 1 is 0.914 bits per heavy atom. The predicted octanol–water partition coefficient (Wildman–Crippen LogP) is 5.30. The molecule has 2 aromatic heterocycles. The summed E-state index contributed by atoms with van der Waals surface area (Å²) in [7, 11) is 5.86. The van der Waals surface area contributed by atoms with Gasteiger partial charge in [-0.3, -0.25) is 4.98 Å². The van der Waals surface area contributed by atoms with Crippen LogP contribution in [0, 0.1) is 6.92 Å². The number of nitrogens with one attached hydrogen (secondary N) is 2. The van der Waals surface area contributed by atoms with E-state index in [9.17, 15) is 0 Å². The third-order valence-corrected chi connectivity index (χ3v) is 6.28. The van der Waals surface area contributed by atoms with E-state index in [2.05, 4.69) is 69.7 Å². The molecule has 35 heavy (non-hydrogen) atoms. The highest BCUT2D eigenvalue weighted by Gasteiger charge is 2.32. The first kappa shape index (κ1) is 22.9. The average Bonchev–Trinajstić information content (AvgIpc) is 2.81. The van der Waals surface area contributed by atoms with E-state index < -0.39 is 0 Å². The quantitative estimate of drug-likeness (QED) is 0.359. The van der Waals surface area contributed by atoms with Crippen molar-refractivity contribution in [3.05, 3.63) is 66.5 Å². The lowest BCUT2D eigenvalue weighted by Crippen LogP contribution is -2.46. The van der Waals surface area contributed by atoms with E-state index in [1.165, 1.54) is 5.56 Å². The molecule has 2 aromatic carbocycles. The molecule has 0 spiro atoms. The van der Waals surface area contributed by atoms with Crippen LogP contribution < -0.4 is 20.1 Å². The second-order valence-electron chi connectivity index (χ2n) is 9.13. The molecule has 0 radical (unpaired) electrons. The molecule has 1 saturated carbocycles. The van der Waals surface area contributed by atoms with Crippen molar-refractivity contribution >= 4 is 34.0 Å². The molecule has 0 unspecified atom stereocenters. The van der Waals surface area contributed by atoms with Crippen LogP contribution in [0.4, 0.5) is 23.1 Å². The fourth-order valence-corrected chi connectivity index (χ4v) is 4.16. The SMILES string of the molecule is COc1cc(Nc2nccc(Nc3cnc4ccc(C)cc4c3)n2)ccc1OC1CC(N(C)C)C1. The molecule has 180 valence electrons. The Morgan fingerprint density at radius 2 is 1.77 bits per heavy atom. The molecule has 0 aliphatic heterocycles. The number of aromatic nitrogens is 3. The Morgan fingerprint density at radius 3 is 2.57 bits per heavy atom. The smallest absolute Gasteiger partial charge is 0.229 e. The highest BCUT2D eigenvalue weighted by atomic mass is 16.5. The van der Waals surface area contributed by atoms with Crippen molar-refractivity contribution in [2.45, 2.75) is 31.9 Å². The maximum Gasteiger partial charge on any atom is 0.229 e. The summed E-state index contributed by atoms with van der Waals surface area (Å²) in [6, 6.07) is 16.4. The minimum atomic E-state index is 0.217. The summed E-state index contributed by atoms with van der Waals surface area (Å²) in [5, 5.41) is 7.65. The van der Waals surface area contributed by atoms with E-state index >= 15 is 0 Å². The molecule has 2 N–H and O–H groups in total. The lowest BCUT2D eigenvalue weighted by atomic mass is 9.88. The van der Waals surface area contributed by atoms with Gasteiger partial charge in [-0.25, -0.2) is 4.98 Å². The number of rotatable bonds is 8. The van der Waals surface area contributed by atoms with Gasteiger partial charge in [0.1, 0.15) is 11.9 Å². The van der Waals surface area contributed by atoms with Crippen LogP contribution in [0.15, 0.2) is 60.9 Å². The second-order valence-corrected chi connectivity index (χ2v) is 9.13. The maximum absolute atomic E-state index is 6.15. The van der Waals surface area contributed by atoms with E-state index in [4.69, 9.17) is 9.47 Å². The minimum Gasteiger partial charge on any atom is -0.493 e. The first-order valence-electron chi connectivity index (χ1n) is 11.7. The number of ether oxygens (including phenoxy) is 2. The Balaban J connectivity index is 1.27. The number of fused-ring (bicyclic) bond motifs is 1. The number of nitrogens with zero attached hydrogens (tertiary/aromatic N) is 4. The fourth-order valence-electron chi connectivity index (χ4n) is 4.16. The van der Waals surface area contributed by atoms with Crippen molar-refractivity contribution in [3.8, 4) is 11.5 Å². The van der Waals surface area contributed by atoms with Gasteiger partial charge in [0.05, 0.1) is 24.5 Å². The van der Waals surface area contributed by atoms with Gasteiger partial charge in [0.25, 0.3) is 0 Å². The van der Waals surface area contributed by atoms with Crippen LogP contribution in [0.1, 0.15) is 18.4 Å². The zero-order valence-electron chi connectivity index (χ0n) is 20.4. The van der Waals surface area contributed by atoms with Crippen molar-refractivity contribution < 1.29 is 9.47 Å². The summed E-state index contributed by atoms with van der Waals surface area (Å²) < 4.78 is 11.7. The van der Waals surface area contributed by atoms with E-state index in [0.29, 0.717) is 23.6 Å². The van der Waals surface area contributed by atoms with Gasteiger partial charge in [-0.15, -0.1) is 0 Å². The molecule has 1 fully saturated rings. The van der Waals surface area contributed by atoms with Gasteiger partial charge in [-0.05, 0) is 70.3 Å². The van der Waals surface area contributed by atoms with Crippen molar-refractivity contribution in [2.75, 3.05) is 31.8 Å². The third-order valence-electron chi connectivity index (χ3n) is 6.28. The summed E-state index contributed by atoms with van der Waals surface area (Å²) in [6.07, 6.45) is 5.78. The molecule has 8 nitrogen and oxygen atoms in total. The molecule has 1 aliphatic rings. The number of hydrogen-bond donors (Lipinski definition) is 2. The fraction of sp³-hybridized carbons (Fsp3) is 0.296. The summed E-state index contributed by atoms with van der Waals surface area (Å²) >= 11 is 0. The topological polar surface area (TPSA) is 84.4 Å². The van der Waals surface area contributed by atoms with Crippen molar-refractivity contribution in [3.63, 3.8) is 0 Å². The van der Waals surface area contributed by atoms with Crippen LogP contribution in [0.25, 0.3) is 10.9 Å². The number of hydrogen-bond acceptors (Lipinski definition) is 8. The minimum absolute atomic E-state index is 0.217. The van der Waals surface area contributed by atoms with E-state index in [1.54, 1.807) is 19.5 Å². The van der Waals surface area contributed by atoms with Gasteiger partial charge >= 0.3 is 0 Å². The molecule has 0 bridgehead atoms. The molecule has 0 amide bonds. The zero-order chi connectivity index (χ0) is 24.4. The molecule has 5 rings (SSSR count). The summed E-state index contributed by atoms with van der Waals surface area (Å²) in [5.74, 6) is 2.57. The Hall–Kier alpha value is -3.91. The van der Waals surface area contributed by atoms with E-state index in [1.807, 2.05) is 30.3 Å². The van der Waals surface area contributed by atoms with Crippen LogP contribution in [0.5, 0.6) is 11.5 Å². The summed E-state index contributed by atoms with van der Waals surface area (Å²) in [6.45, 7) is 2.07. The normalized spacial score (nSPS) is 17.2. The molecule has 8 heteroatoms. The highest BCUT2D eigenvalue weighted by molar-refractivity contribution is 5.83. The first-order valence-corrected chi connectivity index (χ1v) is 11.7. The lowest BCUT2D eigenvalue weighted by molar-refractivity contribution is 0.0383. The van der Waals surface area contributed by atoms with Gasteiger partial charge in [-0.1, -0.05) is 11.6 Å². The Kier molecular flexibility index (Phi) is 6.37. The predicted molar refractivity (Wildman–Crippen MR) is 139 cm³/mol. The van der Waals surface area contributed by atoms with Crippen LogP contribution in [-0.2, 0) is 0 Å². The molecule has 1 aliphatic carbocycles. The largest absolute Gasteiger partial charge is 0.493 e. The zero-order valence-corrected chi connectivity index (χ0v) is 20.4. The second kappa shape index (κ2) is 9.76. The standard InChI is InChI=1S/C27H30N6O2/c1-17-5-7-23-18(11-17)12-20(16-29-23)30-26-9-10-28-27(32-26)31-19-6-8-24(25(13-19)34-4)35-22-14-21(15-22)33(2)3/h5-13,16,21-22H,14-15H2,1-4H3,(H2,28,30,31,32). The summed E-state index contributed by atoms with van der Waals surface area (Å²) in [5.41, 5.74) is 3.84. The molecular weight excluding hydrogens is 440 g/mol. The van der Waals surface area contributed by atoms with Crippen molar-refractivity contribution in [1.29, 1.82) is 0 Å². The highest BCUT2D eigenvalue weighted by Crippen LogP contribution is 2.36. The third kappa shape index (κ3) is 5.27. The van der Waals surface area contributed by atoms with Crippen LogP contribution in [0.2, 0.25) is 0 Å². The monoisotopic (exact) mass is 470 g/mol. The number of benzene rings is 2. The molecular formula is C27H30N6O2. The van der Waals surface area contributed by atoms with Gasteiger partial charge in [0.2, 0.25) is 5.95 Å². The van der Waals surface area contributed by atoms with Gasteiger partial charge in [0.15, 0.2) is 11.5 Å². The number of methoxy groups -OCH3 is 1.